The maximum absolute atomic E-state index is 5.73. The first-order chi connectivity index (χ1) is 5.65. The first kappa shape index (κ1) is 8.94. The Kier molecular flexibility index (Phi) is 2.61. The van der Waals surface area contributed by atoms with Gasteiger partial charge in [-0.25, -0.2) is 0 Å². The zero-order chi connectivity index (χ0) is 9.14. The highest BCUT2D eigenvalue weighted by Gasteiger charge is 2.05. The summed E-state index contributed by atoms with van der Waals surface area (Å²) < 4.78 is 0. The van der Waals surface area contributed by atoms with Crippen LogP contribution in [0.15, 0.2) is 18.8 Å². The second kappa shape index (κ2) is 3.50. The predicted octanol–water partition coefficient (Wildman–Crippen LogP) is 2.05. The van der Waals surface area contributed by atoms with Gasteiger partial charge in [0.1, 0.15) is 0 Å². The normalized spacial score (nSPS) is 12.6. The molecule has 0 spiro atoms. The summed E-state index contributed by atoms with van der Waals surface area (Å²) in [6.07, 6.45) is 3.62. The molecule has 0 aliphatic rings. The molecule has 2 nitrogen and oxygen atoms in total. The second-order valence-corrected chi connectivity index (χ2v) is 2.98. The standard InChI is InChI=1S/C10H14N2/c1-4-9-5-7(2)6-12-10(9)8(3)11/h4-6,8H,1,11H2,2-3H3/t8-/m1/s1. The van der Waals surface area contributed by atoms with E-state index in [1.165, 1.54) is 0 Å². The topological polar surface area (TPSA) is 38.9 Å². The molecule has 0 amide bonds. The van der Waals surface area contributed by atoms with Crippen LogP contribution in [0.3, 0.4) is 0 Å². The number of hydrogen-bond donors (Lipinski definition) is 1. The Morgan fingerprint density at radius 1 is 1.67 bits per heavy atom. The Labute approximate surface area is 73.1 Å². The fraction of sp³-hybridized carbons (Fsp3) is 0.300. The third kappa shape index (κ3) is 1.71. The van der Waals surface area contributed by atoms with Crippen LogP contribution in [0, 0.1) is 6.92 Å². The van der Waals surface area contributed by atoms with Crippen molar-refractivity contribution in [2.75, 3.05) is 0 Å². The summed E-state index contributed by atoms with van der Waals surface area (Å²) in [5, 5.41) is 0. The van der Waals surface area contributed by atoms with Gasteiger partial charge in [-0.3, -0.25) is 4.98 Å². The number of aryl methyl sites for hydroxylation is 1. The lowest BCUT2D eigenvalue weighted by atomic mass is 10.1. The highest BCUT2D eigenvalue weighted by atomic mass is 14.8. The molecule has 0 aliphatic heterocycles. The molecule has 1 aromatic rings. The van der Waals surface area contributed by atoms with Gasteiger partial charge in [0.15, 0.2) is 0 Å². The molecule has 2 heteroatoms. The SMILES string of the molecule is C=Cc1cc(C)cnc1[C@@H](C)N. The van der Waals surface area contributed by atoms with Crippen molar-refractivity contribution >= 4 is 6.08 Å². The minimum atomic E-state index is -0.0291. The molecule has 0 radical (unpaired) electrons. The Hall–Kier alpha value is -1.15. The van der Waals surface area contributed by atoms with Crippen molar-refractivity contribution in [2.24, 2.45) is 5.73 Å². The number of nitrogens with two attached hydrogens (primary N) is 1. The van der Waals surface area contributed by atoms with E-state index in [2.05, 4.69) is 11.6 Å². The number of nitrogens with zero attached hydrogens (tertiary/aromatic N) is 1. The van der Waals surface area contributed by atoms with Crippen molar-refractivity contribution in [1.29, 1.82) is 0 Å². The lowest BCUT2D eigenvalue weighted by Gasteiger charge is -2.08. The maximum atomic E-state index is 5.73. The summed E-state index contributed by atoms with van der Waals surface area (Å²) in [5.74, 6) is 0. The summed E-state index contributed by atoms with van der Waals surface area (Å²) >= 11 is 0. The van der Waals surface area contributed by atoms with Gasteiger partial charge < -0.3 is 5.73 Å². The van der Waals surface area contributed by atoms with E-state index in [4.69, 9.17) is 5.73 Å². The molecule has 0 fully saturated rings. The van der Waals surface area contributed by atoms with Crippen LogP contribution in [0.2, 0.25) is 0 Å². The van der Waals surface area contributed by atoms with E-state index in [1.54, 1.807) is 6.08 Å². The van der Waals surface area contributed by atoms with Crippen LogP contribution in [-0.2, 0) is 0 Å². The van der Waals surface area contributed by atoms with E-state index in [-0.39, 0.29) is 6.04 Å². The van der Waals surface area contributed by atoms with E-state index in [1.807, 2.05) is 26.1 Å². The molecule has 1 rings (SSSR count). The fourth-order valence-electron chi connectivity index (χ4n) is 1.15. The predicted molar refractivity (Wildman–Crippen MR) is 51.7 cm³/mol. The lowest BCUT2D eigenvalue weighted by molar-refractivity contribution is 0.777. The molecular weight excluding hydrogens is 148 g/mol. The zero-order valence-electron chi connectivity index (χ0n) is 7.54. The highest BCUT2D eigenvalue weighted by Crippen LogP contribution is 2.15. The van der Waals surface area contributed by atoms with Crippen LogP contribution in [0.4, 0.5) is 0 Å². The maximum Gasteiger partial charge on any atom is 0.0640 e. The summed E-state index contributed by atoms with van der Waals surface area (Å²) in [6, 6.07) is 2.01. The average Bonchev–Trinajstić information content (AvgIpc) is 2.03. The third-order valence-corrected chi connectivity index (χ3v) is 1.74. The molecule has 1 atom stereocenters. The van der Waals surface area contributed by atoms with Gasteiger partial charge in [-0.15, -0.1) is 0 Å². The Morgan fingerprint density at radius 3 is 2.83 bits per heavy atom. The molecule has 2 N–H and O–H groups in total. The van der Waals surface area contributed by atoms with Crippen molar-refractivity contribution in [1.82, 2.24) is 4.98 Å². The Bertz CT molecular complexity index is 290. The van der Waals surface area contributed by atoms with E-state index in [0.29, 0.717) is 0 Å². The van der Waals surface area contributed by atoms with Gasteiger partial charge in [0.2, 0.25) is 0 Å². The Balaban J connectivity index is 3.20. The Morgan fingerprint density at radius 2 is 2.33 bits per heavy atom. The quantitative estimate of drug-likeness (QED) is 0.722. The van der Waals surface area contributed by atoms with Gasteiger partial charge in [0, 0.05) is 12.2 Å². The van der Waals surface area contributed by atoms with E-state index in [9.17, 15) is 0 Å². The van der Waals surface area contributed by atoms with Gasteiger partial charge in [0.25, 0.3) is 0 Å². The lowest BCUT2D eigenvalue weighted by Crippen LogP contribution is -2.09. The van der Waals surface area contributed by atoms with Crippen molar-refractivity contribution in [3.05, 3.63) is 35.7 Å². The minimum absolute atomic E-state index is 0.0291. The summed E-state index contributed by atoms with van der Waals surface area (Å²) in [7, 11) is 0. The van der Waals surface area contributed by atoms with Crippen molar-refractivity contribution in [2.45, 2.75) is 19.9 Å². The molecule has 0 aromatic carbocycles. The molecule has 0 saturated carbocycles. The number of rotatable bonds is 2. The van der Waals surface area contributed by atoms with Crippen LogP contribution in [0.1, 0.15) is 29.8 Å². The smallest absolute Gasteiger partial charge is 0.0640 e. The molecule has 12 heavy (non-hydrogen) atoms. The van der Waals surface area contributed by atoms with Gasteiger partial charge in [0.05, 0.1) is 5.69 Å². The highest BCUT2D eigenvalue weighted by molar-refractivity contribution is 5.51. The number of aromatic nitrogens is 1. The van der Waals surface area contributed by atoms with Gasteiger partial charge in [-0.2, -0.15) is 0 Å². The van der Waals surface area contributed by atoms with Crippen LogP contribution in [0.5, 0.6) is 0 Å². The van der Waals surface area contributed by atoms with E-state index >= 15 is 0 Å². The summed E-state index contributed by atoms with van der Waals surface area (Å²) in [6.45, 7) is 7.65. The first-order valence-corrected chi connectivity index (χ1v) is 3.99. The number of pyridine rings is 1. The van der Waals surface area contributed by atoms with Crippen LogP contribution in [0.25, 0.3) is 6.08 Å². The average molecular weight is 162 g/mol. The summed E-state index contributed by atoms with van der Waals surface area (Å²) in [4.78, 5) is 4.25. The van der Waals surface area contributed by atoms with Crippen molar-refractivity contribution < 1.29 is 0 Å². The van der Waals surface area contributed by atoms with Crippen molar-refractivity contribution in [3.63, 3.8) is 0 Å². The van der Waals surface area contributed by atoms with Gasteiger partial charge >= 0.3 is 0 Å². The van der Waals surface area contributed by atoms with Crippen LogP contribution >= 0.6 is 0 Å². The molecule has 1 heterocycles. The zero-order valence-corrected chi connectivity index (χ0v) is 7.54. The van der Waals surface area contributed by atoms with E-state index in [0.717, 1.165) is 16.8 Å². The largest absolute Gasteiger partial charge is 0.323 e. The van der Waals surface area contributed by atoms with Gasteiger partial charge in [-0.1, -0.05) is 12.7 Å². The number of hydrogen-bond acceptors (Lipinski definition) is 2. The third-order valence-electron chi connectivity index (χ3n) is 1.74. The van der Waals surface area contributed by atoms with Crippen LogP contribution < -0.4 is 5.73 Å². The molecule has 0 saturated heterocycles. The second-order valence-electron chi connectivity index (χ2n) is 2.98. The first-order valence-electron chi connectivity index (χ1n) is 3.99. The molecule has 0 bridgehead atoms. The molecular formula is C10H14N2. The van der Waals surface area contributed by atoms with Crippen molar-refractivity contribution in [3.8, 4) is 0 Å². The van der Waals surface area contributed by atoms with Gasteiger partial charge in [-0.05, 0) is 31.0 Å². The molecule has 0 aliphatic carbocycles. The fourth-order valence-corrected chi connectivity index (χ4v) is 1.15. The van der Waals surface area contributed by atoms with E-state index < -0.39 is 0 Å². The molecule has 64 valence electrons. The minimum Gasteiger partial charge on any atom is -0.323 e. The molecule has 1 aromatic heterocycles. The van der Waals surface area contributed by atoms with Crippen LogP contribution in [-0.4, -0.2) is 4.98 Å². The summed E-state index contributed by atoms with van der Waals surface area (Å²) in [5.41, 5.74) is 8.81. The molecule has 0 unspecified atom stereocenters. The monoisotopic (exact) mass is 162 g/mol.